The van der Waals surface area contributed by atoms with E-state index in [0.29, 0.717) is 13.1 Å². The molecule has 1 aromatic heterocycles. The number of nitro groups is 1. The number of ether oxygens (including phenoxy) is 1. The summed E-state index contributed by atoms with van der Waals surface area (Å²) in [6.07, 6.45) is 3.42. The smallest absolute Gasteiger partial charge is 0.306 e. The topological polar surface area (TPSA) is 103 Å². The third-order valence-electron chi connectivity index (χ3n) is 3.79. The van der Waals surface area contributed by atoms with Crippen LogP contribution in [0.2, 0.25) is 0 Å². The van der Waals surface area contributed by atoms with Crippen molar-refractivity contribution in [1.29, 1.82) is 0 Å². The van der Waals surface area contributed by atoms with Gasteiger partial charge in [0.15, 0.2) is 0 Å². The molecule has 128 valence electrons. The van der Waals surface area contributed by atoms with Gasteiger partial charge in [0.25, 0.3) is 0 Å². The summed E-state index contributed by atoms with van der Waals surface area (Å²) >= 11 is 0. The number of aromatic nitrogens is 2. The van der Waals surface area contributed by atoms with Gasteiger partial charge in [-0.25, -0.2) is 0 Å². The summed E-state index contributed by atoms with van der Waals surface area (Å²) in [6.45, 7) is 7.13. The molecule has 9 heteroatoms. The summed E-state index contributed by atoms with van der Waals surface area (Å²) in [5.74, 6) is -0.358. The first-order chi connectivity index (χ1) is 11.1. The lowest BCUT2D eigenvalue weighted by atomic mass is 10.1. The van der Waals surface area contributed by atoms with Crippen molar-refractivity contribution in [2.75, 3.05) is 39.4 Å². The molecule has 1 aromatic rings. The van der Waals surface area contributed by atoms with Crippen LogP contribution in [0.25, 0.3) is 0 Å². The zero-order valence-electron chi connectivity index (χ0n) is 13.3. The third-order valence-corrected chi connectivity index (χ3v) is 3.79. The number of hydrogen-bond donors (Lipinski definition) is 1. The Kier molecular flexibility index (Phi) is 6.48. The summed E-state index contributed by atoms with van der Waals surface area (Å²) in [6, 6.07) is 0. The van der Waals surface area contributed by atoms with Gasteiger partial charge in [0.05, 0.1) is 30.6 Å². The largest absolute Gasteiger partial charge is 0.379 e. The quantitative estimate of drug-likeness (QED) is 0.418. The van der Waals surface area contributed by atoms with Crippen LogP contribution in [0.15, 0.2) is 12.4 Å². The van der Waals surface area contributed by atoms with E-state index in [0.717, 1.165) is 39.3 Å². The summed E-state index contributed by atoms with van der Waals surface area (Å²) < 4.78 is 6.71. The molecule has 0 spiro atoms. The minimum absolute atomic E-state index is 0.0647. The lowest BCUT2D eigenvalue weighted by Gasteiger charge is -2.26. The fourth-order valence-electron chi connectivity index (χ4n) is 2.42. The number of amides is 1. The van der Waals surface area contributed by atoms with Crippen molar-refractivity contribution in [1.82, 2.24) is 20.0 Å². The number of nitrogens with zero attached hydrogens (tertiary/aromatic N) is 4. The third kappa shape index (κ3) is 5.61. The normalized spacial score (nSPS) is 16.9. The van der Waals surface area contributed by atoms with Crippen molar-refractivity contribution < 1.29 is 14.5 Å². The van der Waals surface area contributed by atoms with E-state index in [-0.39, 0.29) is 17.5 Å². The first-order valence-corrected chi connectivity index (χ1v) is 7.81. The number of hydrogen-bond acceptors (Lipinski definition) is 6. The molecule has 1 aliphatic heterocycles. The maximum atomic E-state index is 12.0. The first-order valence-electron chi connectivity index (χ1n) is 7.81. The van der Waals surface area contributed by atoms with Crippen LogP contribution in [-0.4, -0.2) is 64.9 Å². The molecular formula is C14H23N5O4. The van der Waals surface area contributed by atoms with Crippen LogP contribution >= 0.6 is 0 Å². The van der Waals surface area contributed by atoms with Gasteiger partial charge in [0, 0.05) is 19.6 Å². The minimum atomic E-state index is -0.500. The molecule has 9 nitrogen and oxygen atoms in total. The lowest BCUT2D eigenvalue weighted by molar-refractivity contribution is -0.385. The molecule has 0 aromatic carbocycles. The molecule has 1 aliphatic rings. The van der Waals surface area contributed by atoms with Crippen molar-refractivity contribution in [3.63, 3.8) is 0 Å². The van der Waals surface area contributed by atoms with E-state index < -0.39 is 4.92 Å². The second-order valence-corrected chi connectivity index (χ2v) is 5.68. The molecule has 0 radical (unpaired) electrons. The summed E-state index contributed by atoms with van der Waals surface area (Å²) in [5.41, 5.74) is -0.0666. The monoisotopic (exact) mass is 325 g/mol. The zero-order valence-corrected chi connectivity index (χ0v) is 13.3. The highest BCUT2D eigenvalue weighted by Crippen LogP contribution is 2.09. The average Bonchev–Trinajstić information content (AvgIpc) is 3.01. The van der Waals surface area contributed by atoms with Crippen LogP contribution < -0.4 is 5.32 Å². The summed E-state index contributed by atoms with van der Waals surface area (Å²) in [4.78, 5) is 24.4. The van der Waals surface area contributed by atoms with Gasteiger partial charge in [0.1, 0.15) is 12.4 Å². The average molecular weight is 325 g/mol. The Morgan fingerprint density at radius 2 is 2.26 bits per heavy atom. The van der Waals surface area contributed by atoms with Crippen molar-refractivity contribution in [2.45, 2.75) is 19.9 Å². The Balaban J connectivity index is 1.64. The van der Waals surface area contributed by atoms with Gasteiger partial charge < -0.3 is 10.1 Å². The maximum Gasteiger partial charge on any atom is 0.306 e. The predicted molar refractivity (Wildman–Crippen MR) is 82.9 cm³/mol. The Hall–Kier alpha value is -2.00. The van der Waals surface area contributed by atoms with Gasteiger partial charge in [-0.15, -0.1) is 0 Å². The van der Waals surface area contributed by atoms with Gasteiger partial charge >= 0.3 is 5.69 Å². The van der Waals surface area contributed by atoms with Crippen LogP contribution in [-0.2, 0) is 16.1 Å². The molecule has 1 amide bonds. The molecule has 2 heterocycles. The highest BCUT2D eigenvalue weighted by Gasteiger charge is 2.16. The molecule has 2 rings (SSSR count). The van der Waals surface area contributed by atoms with E-state index in [2.05, 4.69) is 15.3 Å². The predicted octanol–water partition coefficient (Wildman–Crippen LogP) is 0.266. The van der Waals surface area contributed by atoms with Crippen molar-refractivity contribution in [3.8, 4) is 0 Å². The number of nitrogens with one attached hydrogen (secondary N) is 1. The van der Waals surface area contributed by atoms with Crippen LogP contribution in [0.3, 0.4) is 0 Å². The second-order valence-electron chi connectivity index (χ2n) is 5.68. The fraction of sp³-hybridized carbons (Fsp3) is 0.714. The molecule has 1 saturated heterocycles. The second kappa shape index (κ2) is 8.59. The SMILES string of the molecule is CC(Cn1cc([N+](=O)[O-])cn1)C(=O)NCCCN1CCOCC1. The minimum Gasteiger partial charge on any atom is -0.379 e. The molecule has 1 fully saturated rings. The molecule has 1 N–H and O–H groups in total. The Labute approximate surface area is 134 Å². The van der Waals surface area contributed by atoms with Crippen molar-refractivity contribution >= 4 is 11.6 Å². The van der Waals surface area contributed by atoms with Crippen LogP contribution in [0.4, 0.5) is 5.69 Å². The first kappa shape index (κ1) is 17.4. The van der Waals surface area contributed by atoms with E-state index in [1.807, 2.05) is 0 Å². The summed E-state index contributed by atoms with van der Waals surface area (Å²) in [5, 5.41) is 17.4. The molecule has 0 aliphatic carbocycles. The van der Waals surface area contributed by atoms with E-state index >= 15 is 0 Å². The van der Waals surface area contributed by atoms with Gasteiger partial charge in [-0.3, -0.25) is 24.5 Å². The molecule has 1 unspecified atom stereocenters. The number of rotatable bonds is 8. The number of carbonyl (C=O) groups excluding carboxylic acids is 1. The summed E-state index contributed by atoms with van der Waals surface area (Å²) in [7, 11) is 0. The van der Waals surface area contributed by atoms with Crippen molar-refractivity contribution in [3.05, 3.63) is 22.5 Å². The highest BCUT2D eigenvalue weighted by molar-refractivity contribution is 5.78. The van der Waals surface area contributed by atoms with Gasteiger partial charge in [-0.05, 0) is 13.0 Å². The molecule has 23 heavy (non-hydrogen) atoms. The molecule has 0 bridgehead atoms. The fourth-order valence-corrected chi connectivity index (χ4v) is 2.42. The number of carbonyl (C=O) groups is 1. The van der Waals surface area contributed by atoms with E-state index in [1.54, 1.807) is 6.92 Å². The maximum absolute atomic E-state index is 12.0. The van der Waals surface area contributed by atoms with Crippen LogP contribution in [0, 0.1) is 16.0 Å². The van der Waals surface area contributed by atoms with Crippen molar-refractivity contribution in [2.24, 2.45) is 5.92 Å². The van der Waals surface area contributed by atoms with Gasteiger partial charge in [-0.2, -0.15) is 5.10 Å². The molecular weight excluding hydrogens is 302 g/mol. The Morgan fingerprint density at radius 1 is 1.52 bits per heavy atom. The zero-order chi connectivity index (χ0) is 16.7. The standard InChI is InChI=1S/C14H23N5O4/c1-12(10-18-11-13(9-16-18)19(21)22)14(20)15-3-2-4-17-5-7-23-8-6-17/h9,11-12H,2-8,10H2,1H3,(H,15,20). The Morgan fingerprint density at radius 3 is 2.91 bits per heavy atom. The lowest BCUT2D eigenvalue weighted by Crippen LogP contribution is -2.38. The molecule has 0 saturated carbocycles. The number of morpholine rings is 1. The Bertz CT molecular complexity index is 527. The highest BCUT2D eigenvalue weighted by atomic mass is 16.6. The van der Waals surface area contributed by atoms with Crippen LogP contribution in [0.5, 0.6) is 0 Å². The van der Waals surface area contributed by atoms with Gasteiger partial charge in [0.2, 0.25) is 5.91 Å². The van der Waals surface area contributed by atoms with Crippen LogP contribution in [0.1, 0.15) is 13.3 Å². The molecule has 1 atom stereocenters. The van der Waals surface area contributed by atoms with E-state index in [4.69, 9.17) is 4.74 Å². The van der Waals surface area contributed by atoms with E-state index in [1.165, 1.54) is 17.1 Å². The van der Waals surface area contributed by atoms with E-state index in [9.17, 15) is 14.9 Å². The van der Waals surface area contributed by atoms with Gasteiger partial charge in [-0.1, -0.05) is 6.92 Å².